The van der Waals surface area contributed by atoms with Gasteiger partial charge in [0.15, 0.2) is 0 Å². The summed E-state index contributed by atoms with van der Waals surface area (Å²) in [5.41, 5.74) is 2.89. The Morgan fingerprint density at radius 2 is 2.27 bits per heavy atom. The van der Waals surface area contributed by atoms with Crippen molar-refractivity contribution in [3.63, 3.8) is 0 Å². The summed E-state index contributed by atoms with van der Waals surface area (Å²) in [6, 6.07) is 7.97. The van der Waals surface area contributed by atoms with Crippen molar-refractivity contribution in [1.82, 2.24) is 9.61 Å². The van der Waals surface area contributed by atoms with Crippen LogP contribution in [-0.4, -0.2) is 9.61 Å². The van der Waals surface area contributed by atoms with E-state index in [2.05, 4.69) is 25.0 Å². The van der Waals surface area contributed by atoms with Gasteiger partial charge in [0.2, 0.25) is 0 Å². The van der Waals surface area contributed by atoms with Crippen LogP contribution >= 0.6 is 0 Å². The molecule has 2 heterocycles. The van der Waals surface area contributed by atoms with Gasteiger partial charge in [0, 0.05) is 0 Å². The van der Waals surface area contributed by atoms with E-state index in [1.165, 1.54) is 5.56 Å². The lowest BCUT2D eigenvalue weighted by Crippen LogP contribution is -2.00. The van der Waals surface area contributed by atoms with E-state index in [1.54, 1.807) is 10.7 Å². The molecule has 1 atom stereocenters. The third-order valence-electron chi connectivity index (χ3n) is 2.85. The van der Waals surface area contributed by atoms with Crippen LogP contribution in [0.15, 0.2) is 24.4 Å². The van der Waals surface area contributed by atoms with Crippen LogP contribution in [0.2, 0.25) is 0 Å². The monoisotopic (exact) mass is 199 g/mol. The zero-order chi connectivity index (χ0) is 10.8. The van der Waals surface area contributed by atoms with E-state index >= 15 is 0 Å². The molecule has 2 aromatic rings. The smallest absolute Gasteiger partial charge is 0.142 e. The first kappa shape index (κ1) is 9.72. The zero-order valence-electron chi connectivity index (χ0n) is 8.94. The molecule has 0 N–H and O–H groups in total. The van der Waals surface area contributed by atoms with Crippen LogP contribution in [0.1, 0.15) is 37.4 Å². The number of rotatable bonds is 2. The second-order valence-electron chi connectivity index (χ2n) is 3.72. The number of pyridine rings is 1. The van der Waals surface area contributed by atoms with Crippen LogP contribution in [0.3, 0.4) is 0 Å². The lowest BCUT2D eigenvalue weighted by molar-refractivity contribution is 0.732. The summed E-state index contributed by atoms with van der Waals surface area (Å²) in [6.45, 7) is 4.35. The Morgan fingerprint density at radius 1 is 1.47 bits per heavy atom. The van der Waals surface area contributed by atoms with Crippen LogP contribution in [0.25, 0.3) is 5.52 Å². The quantitative estimate of drug-likeness (QED) is 0.746. The third-order valence-corrected chi connectivity index (χ3v) is 2.85. The Bertz CT molecular complexity index is 519. The maximum absolute atomic E-state index is 8.93. The molecule has 0 aromatic carbocycles. The molecule has 0 bridgehead atoms. The summed E-state index contributed by atoms with van der Waals surface area (Å²) in [6.07, 6.45) is 2.83. The van der Waals surface area contributed by atoms with E-state index < -0.39 is 0 Å². The van der Waals surface area contributed by atoms with Crippen molar-refractivity contribution in [1.29, 1.82) is 5.26 Å². The first-order valence-electron chi connectivity index (χ1n) is 5.14. The van der Waals surface area contributed by atoms with Crippen molar-refractivity contribution < 1.29 is 0 Å². The third kappa shape index (κ3) is 1.48. The molecule has 0 aliphatic heterocycles. The summed E-state index contributed by atoms with van der Waals surface area (Å²) < 4.78 is 1.71. The molecule has 0 spiro atoms. The lowest BCUT2D eigenvalue weighted by Gasteiger charge is -2.10. The van der Waals surface area contributed by atoms with Crippen molar-refractivity contribution in [3.05, 3.63) is 35.7 Å². The highest BCUT2D eigenvalue weighted by molar-refractivity contribution is 5.57. The van der Waals surface area contributed by atoms with Crippen molar-refractivity contribution in [2.75, 3.05) is 0 Å². The van der Waals surface area contributed by atoms with Gasteiger partial charge in [0.05, 0.1) is 11.7 Å². The van der Waals surface area contributed by atoms with Gasteiger partial charge < -0.3 is 0 Å². The van der Waals surface area contributed by atoms with Crippen molar-refractivity contribution in [2.45, 2.75) is 26.2 Å². The minimum Gasteiger partial charge on any atom is -0.223 e. The molecule has 0 aliphatic rings. The molecular formula is C12H13N3. The normalized spacial score (nSPS) is 12.6. The molecule has 1 unspecified atom stereocenters. The van der Waals surface area contributed by atoms with E-state index in [9.17, 15) is 0 Å². The van der Waals surface area contributed by atoms with Gasteiger partial charge in [-0.2, -0.15) is 10.4 Å². The highest BCUT2D eigenvalue weighted by atomic mass is 15.2. The predicted molar refractivity (Wildman–Crippen MR) is 58.6 cm³/mol. The molecule has 15 heavy (non-hydrogen) atoms. The first-order valence-corrected chi connectivity index (χ1v) is 5.14. The number of hydrogen-bond acceptors (Lipinski definition) is 2. The lowest BCUT2D eigenvalue weighted by atomic mass is 9.98. The molecule has 0 amide bonds. The van der Waals surface area contributed by atoms with Crippen LogP contribution in [0.5, 0.6) is 0 Å². The molecule has 0 aliphatic carbocycles. The van der Waals surface area contributed by atoms with E-state index in [1.807, 2.05) is 18.2 Å². The van der Waals surface area contributed by atoms with E-state index in [0.717, 1.165) is 11.9 Å². The molecule has 2 aromatic heterocycles. The summed E-state index contributed by atoms with van der Waals surface area (Å²) in [5, 5.41) is 13.1. The zero-order valence-corrected chi connectivity index (χ0v) is 8.94. The van der Waals surface area contributed by atoms with Gasteiger partial charge in [0.25, 0.3) is 0 Å². The van der Waals surface area contributed by atoms with E-state index in [-0.39, 0.29) is 0 Å². The van der Waals surface area contributed by atoms with Crippen LogP contribution in [0, 0.1) is 11.3 Å². The van der Waals surface area contributed by atoms with Crippen LogP contribution in [0.4, 0.5) is 0 Å². The fraction of sp³-hybridized carbons (Fsp3) is 0.333. The Balaban J connectivity index is 2.70. The summed E-state index contributed by atoms with van der Waals surface area (Å²) in [7, 11) is 0. The maximum atomic E-state index is 8.93. The number of nitriles is 1. The Morgan fingerprint density at radius 3 is 2.93 bits per heavy atom. The number of hydrogen-bond donors (Lipinski definition) is 0. The van der Waals surface area contributed by atoms with E-state index in [0.29, 0.717) is 11.6 Å². The van der Waals surface area contributed by atoms with Gasteiger partial charge in [-0.05, 0) is 30.0 Å². The van der Waals surface area contributed by atoms with Crippen molar-refractivity contribution in [2.24, 2.45) is 0 Å². The standard InChI is InChI=1S/C12H13N3/c1-3-9(2)11-5-4-10(8-13)15-12(11)6-7-14-15/h4-7,9H,3H2,1-2H3. The average Bonchev–Trinajstić information content (AvgIpc) is 2.75. The largest absolute Gasteiger partial charge is 0.223 e. The molecule has 0 radical (unpaired) electrons. The molecule has 3 nitrogen and oxygen atoms in total. The fourth-order valence-electron chi connectivity index (χ4n) is 1.76. The van der Waals surface area contributed by atoms with Gasteiger partial charge in [-0.15, -0.1) is 0 Å². The average molecular weight is 199 g/mol. The predicted octanol–water partition coefficient (Wildman–Crippen LogP) is 2.72. The number of nitrogens with zero attached hydrogens (tertiary/aromatic N) is 3. The molecule has 0 saturated carbocycles. The minimum absolute atomic E-state index is 0.497. The van der Waals surface area contributed by atoms with Gasteiger partial charge in [0.1, 0.15) is 11.8 Å². The van der Waals surface area contributed by atoms with Crippen molar-refractivity contribution in [3.8, 4) is 6.07 Å². The molecule has 0 fully saturated rings. The molecule has 76 valence electrons. The Hall–Kier alpha value is -1.82. The summed E-state index contributed by atoms with van der Waals surface area (Å²) in [4.78, 5) is 0. The topological polar surface area (TPSA) is 41.1 Å². The first-order chi connectivity index (χ1) is 7.27. The highest BCUT2D eigenvalue weighted by Gasteiger charge is 2.10. The maximum Gasteiger partial charge on any atom is 0.142 e. The number of aromatic nitrogens is 2. The van der Waals surface area contributed by atoms with Gasteiger partial charge in [-0.3, -0.25) is 0 Å². The summed E-state index contributed by atoms with van der Waals surface area (Å²) in [5.74, 6) is 0.497. The SMILES string of the molecule is CCC(C)c1ccc(C#N)n2nccc12. The Kier molecular flexibility index (Phi) is 2.42. The second kappa shape index (κ2) is 3.74. The fourth-order valence-corrected chi connectivity index (χ4v) is 1.76. The van der Waals surface area contributed by atoms with Crippen LogP contribution < -0.4 is 0 Å². The van der Waals surface area contributed by atoms with Gasteiger partial charge >= 0.3 is 0 Å². The number of fused-ring (bicyclic) bond motifs is 1. The minimum atomic E-state index is 0.497. The molecule has 2 rings (SSSR count). The highest BCUT2D eigenvalue weighted by Crippen LogP contribution is 2.24. The van der Waals surface area contributed by atoms with E-state index in [4.69, 9.17) is 5.26 Å². The van der Waals surface area contributed by atoms with Gasteiger partial charge in [-0.1, -0.05) is 19.9 Å². The second-order valence-corrected chi connectivity index (χ2v) is 3.72. The van der Waals surface area contributed by atoms with Crippen molar-refractivity contribution >= 4 is 5.52 Å². The molecular weight excluding hydrogens is 186 g/mol. The molecule has 3 heteroatoms. The Labute approximate surface area is 89.0 Å². The molecule has 0 saturated heterocycles. The van der Waals surface area contributed by atoms with Gasteiger partial charge in [-0.25, -0.2) is 4.52 Å². The summed E-state index contributed by atoms with van der Waals surface area (Å²) >= 11 is 0. The van der Waals surface area contributed by atoms with Crippen LogP contribution in [-0.2, 0) is 0 Å².